The van der Waals surface area contributed by atoms with Crippen LogP contribution in [0.25, 0.3) is 22.3 Å². The third-order valence-corrected chi connectivity index (χ3v) is 9.20. The van der Waals surface area contributed by atoms with Gasteiger partial charge in [-0.25, -0.2) is 0 Å². The number of ether oxygens (including phenoxy) is 2. The number of nitrogens with one attached hydrogen (secondary N) is 3. The number of hydrogen-bond donors (Lipinski definition) is 7. The van der Waals surface area contributed by atoms with Crippen LogP contribution in [0.1, 0.15) is 46.4 Å². The second kappa shape index (κ2) is 21.9. The van der Waals surface area contributed by atoms with E-state index in [-0.39, 0.29) is 32.7 Å². The van der Waals surface area contributed by atoms with E-state index in [0.29, 0.717) is 39.3 Å². The highest BCUT2D eigenvalue weighted by Gasteiger charge is 2.31. The molecule has 1 aliphatic rings. The van der Waals surface area contributed by atoms with Crippen LogP contribution in [0.2, 0.25) is 0 Å². The molecule has 0 aliphatic carbocycles. The minimum atomic E-state index is -1.27. The maximum atomic E-state index is 13.9. The van der Waals surface area contributed by atoms with Gasteiger partial charge >= 0.3 is 0 Å². The van der Waals surface area contributed by atoms with Crippen molar-refractivity contribution >= 4 is 29.5 Å². The Kier molecular flexibility index (Phi) is 16.7. The Morgan fingerprint density at radius 1 is 0.810 bits per heavy atom. The number of amides is 5. The molecule has 4 aromatic rings. The molecule has 1 heterocycles. The van der Waals surface area contributed by atoms with Crippen LogP contribution in [0.4, 0.5) is 0 Å². The summed E-state index contributed by atoms with van der Waals surface area (Å²) in [5.74, 6) is -2.33. The average Bonchev–Trinajstić information content (AvgIpc) is 3.23. The molecule has 4 aromatic carbocycles. The lowest BCUT2D eigenvalue weighted by atomic mass is 9.94. The Balaban J connectivity index is 0.00000178. The molecule has 0 radical (unpaired) electrons. The van der Waals surface area contributed by atoms with Crippen molar-refractivity contribution in [2.45, 2.75) is 38.8 Å². The number of aryl methyl sites for hydroxylation is 1. The molecular formula is C43H54N8O7. The Morgan fingerprint density at radius 2 is 1.38 bits per heavy atom. The fraction of sp³-hybridized carbons (Fsp3) is 0.326. The van der Waals surface area contributed by atoms with Crippen molar-refractivity contribution in [2.24, 2.45) is 22.9 Å². The van der Waals surface area contributed by atoms with Crippen molar-refractivity contribution in [3.63, 3.8) is 0 Å². The van der Waals surface area contributed by atoms with Gasteiger partial charge in [-0.15, -0.1) is 0 Å². The van der Waals surface area contributed by atoms with Crippen LogP contribution in [0.5, 0.6) is 11.5 Å². The third kappa shape index (κ3) is 12.1. The van der Waals surface area contributed by atoms with E-state index in [4.69, 9.17) is 32.4 Å². The SMILES string of the molecule is CCCN.Cc1ccc(-c2ccc(C(=O)NCC(=O)N(C)C3C(=O)NCC(=O)NC(C(N)=O)Cc4ccc(OCCN)c(c4)-c4cc3ccc4OCCN)cc2)cc1. The lowest BCUT2D eigenvalue weighted by Crippen LogP contribution is -2.50. The number of benzene rings is 4. The third-order valence-electron chi connectivity index (χ3n) is 9.20. The molecule has 58 heavy (non-hydrogen) atoms. The van der Waals surface area contributed by atoms with Crippen molar-refractivity contribution in [2.75, 3.05) is 53.0 Å². The summed E-state index contributed by atoms with van der Waals surface area (Å²) in [6, 6.07) is 22.9. The summed E-state index contributed by atoms with van der Waals surface area (Å²) in [4.78, 5) is 67.3. The summed E-state index contributed by atoms with van der Waals surface area (Å²) < 4.78 is 12.0. The van der Waals surface area contributed by atoms with E-state index in [1.807, 2.05) is 43.3 Å². The number of fused-ring (bicyclic) bond motifs is 5. The molecule has 1 aliphatic heterocycles. The zero-order chi connectivity index (χ0) is 42.2. The number of carbonyl (C=O) groups is 5. The van der Waals surface area contributed by atoms with Crippen molar-refractivity contribution in [1.82, 2.24) is 20.9 Å². The summed E-state index contributed by atoms with van der Waals surface area (Å²) >= 11 is 0. The van der Waals surface area contributed by atoms with Gasteiger partial charge in [0.15, 0.2) is 0 Å². The number of nitrogens with zero attached hydrogens (tertiary/aromatic N) is 1. The first-order valence-electron chi connectivity index (χ1n) is 19.1. The molecule has 308 valence electrons. The summed E-state index contributed by atoms with van der Waals surface area (Å²) in [7, 11) is 1.43. The van der Waals surface area contributed by atoms with Gasteiger partial charge in [-0.3, -0.25) is 24.0 Å². The minimum Gasteiger partial charge on any atom is -0.492 e. The molecule has 5 amide bonds. The van der Waals surface area contributed by atoms with Gasteiger partial charge in [-0.1, -0.05) is 61.0 Å². The molecule has 4 bridgehead atoms. The van der Waals surface area contributed by atoms with Crippen LogP contribution < -0.4 is 48.4 Å². The van der Waals surface area contributed by atoms with Gasteiger partial charge in [0.25, 0.3) is 5.91 Å². The molecule has 0 fully saturated rings. The summed E-state index contributed by atoms with van der Waals surface area (Å²) in [6.45, 7) is 4.78. The van der Waals surface area contributed by atoms with Crippen LogP contribution in [0.3, 0.4) is 0 Å². The standard InChI is InChI=1S/C40H45N7O7.C3H9N/c1-24-3-6-26(7-4-24)27-8-10-28(11-9-27)39(51)45-23-36(49)47(2)37-29-12-14-34(54-18-16-42)31(21-29)30-19-25(5-13-33(30)53-17-15-41)20-32(38(43)50)46-35(48)22-44-40(37)52;1-2-3-4/h3-14,19,21,32,37H,15-18,20,22-23,41-42H2,1-2H3,(H2,43,50)(H,44,52)(H,45,51)(H,46,48);2-4H2,1H3. The van der Waals surface area contributed by atoms with Crippen LogP contribution >= 0.6 is 0 Å². The highest BCUT2D eigenvalue weighted by Crippen LogP contribution is 2.40. The number of carbonyl (C=O) groups excluding carboxylic acids is 5. The van der Waals surface area contributed by atoms with Gasteiger partial charge in [0, 0.05) is 43.2 Å². The molecule has 0 saturated carbocycles. The van der Waals surface area contributed by atoms with Crippen LogP contribution in [-0.2, 0) is 25.6 Å². The number of likely N-dealkylation sites (N-methyl/N-ethyl adjacent to an activating group) is 1. The highest BCUT2D eigenvalue weighted by atomic mass is 16.5. The predicted molar refractivity (Wildman–Crippen MR) is 223 cm³/mol. The first-order chi connectivity index (χ1) is 27.9. The Morgan fingerprint density at radius 3 is 1.95 bits per heavy atom. The molecule has 0 saturated heterocycles. The van der Waals surface area contributed by atoms with Gasteiger partial charge in [0.2, 0.25) is 23.6 Å². The lowest BCUT2D eigenvalue weighted by molar-refractivity contribution is -0.139. The Bertz CT molecular complexity index is 2040. The van der Waals surface area contributed by atoms with E-state index < -0.39 is 54.7 Å². The lowest BCUT2D eigenvalue weighted by Gasteiger charge is -2.29. The summed E-state index contributed by atoms with van der Waals surface area (Å²) in [5.41, 5.74) is 27.7. The molecule has 5 rings (SSSR count). The summed E-state index contributed by atoms with van der Waals surface area (Å²) in [5, 5.41) is 7.81. The highest BCUT2D eigenvalue weighted by molar-refractivity contribution is 5.98. The fourth-order valence-electron chi connectivity index (χ4n) is 6.04. The fourth-order valence-corrected chi connectivity index (χ4v) is 6.04. The normalized spacial score (nSPS) is 15.0. The number of nitrogens with two attached hydrogens (primary N) is 4. The predicted octanol–water partition coefficient (Wildman–Crippen LogP) is 1.93. The number of primary amides is 1. The Hall–Kier alpha value is -6.29. The molecule has 15 nitrogen and oxygen atoms in total. The van der Waals surface area contributed by atoms with Crippen molar-refractivity contribution in [3.8, 4) is 33.8 Å². The van der Waals surface area contributed by atoms with Crippen LogP contribution in [-0.4, -0.2) is 93.5 Å². The number of rotatable bonds is 13. The smallest absolute Gasteiger partial charge is 0.251 e. The largest absolute Gasteiger partial charge is 0.492 e. The van der Waals surface area contributed by atoms with Gasteiger partial charge in [-0.05, 0) is 78.5 Å². The van der Waals surface area contributed by atoms with E-state index in [2.05, 4.69) is 22.9 Å². The molecule has 2 atom stereocenters. The van der Waals surface area contributed by atoms with E-state index in [1.54, 1.807) is 48.5 Å². The van der Waals surface area contributed by atoms with Gasteiger partial charge < -0.3 is 53.3 Å². The maximum absolute atomic E-state index is 13.9. The van der Waals surface area contributed by atoms with E-state index >= 15 is 0 Å². The van der Waals surface area contributed by atoms with Crippen LogP contribution in [0, 0.1) is 6.92 Å². The van der Waals surface area contributed by atoms with Crippen molar-refractivity contribution in [3.05, 3.63) is 107 Å². The van der Waals surface area contributed by atoms with E-state index in [0.717, 1.165) is 29.7 Å². The van der Waals surface area contributed by atoms with E-state index in [1.165, 1.54) is 11.9 Å². The van der Waals surface area contributed by atoms with E-state index in [9.17, 15) is 24.0 Å². The number of hydrogen-bond acceptors (Lipinski definition) is 10. The second-order valence-electron chi connectivity index (χ2n) is 13.6. The quantitative estimate of drug-likeness (QED) is 0.104. The van der Waals surface area contributed by atoms with Gasteiger partial charge in [0.05, 0.1) is 13.1 Å². The van der Waals surface area contributed by atoms with Gasteiger partial charge in [-0.2, -0.15) is 0 Å². The second-order valence-corrected chi connectivity index (χ2v) is 13.6. The first-order valence-corrected chi connectivity index (χ1v) is 19.1. The Labute approximate surface area is 338 Å². The average molecular weight is 795 g/mol. The molecular weight excluding hydrogens is 741 g/mol. The zero-order valence-electron chi connectivity index (χ0n) is 33.2. The zero-order valence-corrected chi connectivity index (χ0v) is 33.2. The molecule has 0 spiro atoms. The van der Waals surface area contributed by atoms with Crippen molar-refractivity contribution in [1.29, 1.82) is 0 Å². The summed E-state index contributed by atoms with van der Waals surface area (Å²) in [6.07, 6.45) is 1.15. The van der Waals surface area contributed by atoms with Crippen molar-refractivity contribution < 1.29 is 33.4 Å². The van der Waals surface area contributed by atoms with Crippen LogP contribution in [0.15, 0.2) is 84.9 Å². The maximum Gasteiger partial charge on any atom is 0.251 e. The monoisotopic (exact) mass is 794 g/mol. The minimum absolute atomic E-state index is 0.0559. The topological polar surface area (TPSA) is 247 Å². The molecule has 15 heteroatoms. The molecule has 0 aromatic heterocycles. The first kappa shape index (κ1) is 44.4. The molecule has 2 unspecified atom stereocenters. The molecule has 11 N–H and O–H groups in total. The van der Waals surface area contributed by atoms with Gasteiger partial charge in [0.1, 0.15) is 36.8 Å².